The molecule has 1 aliphatic rings. The lowest BCUT2D eigenvalue weighted by atomic mass is 10.1. The van der Waals surface area contributed by atoms with E-state index in [0.717, 1.165) is 22.6 Å². The van der Waals surface area contributed by atoms with E-state index in [0.29, 0.717) is 6.42 Å². The van der Waals surface area contributed by atoms with E-state index < -0.39 is 6.10 Å². The number of hydrogen-bond donors (Lipinski definition) is 1. The van der Waals surface area contributed by atoms with Crippen molar-refractivity contribution in [2.75, 3.05) is 5.75 Å². The largest absolute Gasteiger partial charge is 0.387 e. The number of thiophene rings is 1. The van der Waals surface area contributed by atoms with Gasteiger partial charge in [0.2, 0.25) is 0 Å². The summed E-state index contributed by atoms with van der Waals surface area (Å²) in [7, 11) is 0. The third-order valence-electron chi connectivity index (χ3n) is 3.13. The highest BCUT2D eigenvalue weighted by molar-refractivity contribution is 7.98. The van der Waals surface area contributed by atoms with Gasteiger partial charge in [-0.05, 0) is 35.4 Å². The summed E-state index contributed by atoms with van der Waals surface area (Å²) in [4.78, 5) is 6.66. The van der Waals surface area contributed by atoms with Crippen LogP contribution < -0.4 is 0 Å². The molecule has 1 N–H and O–H groups in total. The summed E-state index contributed by atoms with van der Waals surface area (Å²) in [6, 6.07) is 6.12. The fraction of sp³-hybridized carbons (Fsp3) is 0.357. The monoisotopic (exact) mass is 277 g/mol. The molecule has 0 saturated carbocycles. The van der Waals surface area contributed by atoms with Gasteiger partial charge >= 0.3 is 0 Å². The van der Waals surface area contributed by atoms with E-state index in [-0.39, 0.29) is 0 Å². The van der Waals surface area contributed by atoms with E-state index in [1.54, 1.807) is 17.5 Å². The third kappa shape index (κ3) is 2.60. The van der Waals surface area contributed by atoms with Crippen LogP contribution in [-0.4, -0.2) is 15.8 Å². The summed E-state index contributed by atoms with van der Waals surface area (Å²) in [6.45, 7) is 0. The quantitative estimate of drug-likeness (QED) is 0.935. The number of fused-ring (bicyclic) bond motifs is 1. The van der Waals surface area contributed by atoms with Crippen molar-refractivity contribution >= 4 is 23.1 Å². The maximum Gasteiger partial charge on any atom is 0.0922 e. The summed E-state index contributed by atoms with van der Waals surface area (Å²) in [5.41, 5.74) is 2.52. The van der Waals surface area contributed by atoms with E-state index in [1.165, 1.54) is 16.2 Å². The Kier molecular flexibility index (Phi) is 3.68. The number of aryl methyl sites for hydroxylation is 1. The zero-order valence-electron chi connectivity index (χ0n) is 10.0. The lowest BCUT2D eigenvalue weighted by molar-refractivity contribution is 0.182. The van der Waals surface area contributed by atoms with Crippen LogP contribution >= 0.6 is 23.1 Å². The van der Waals surface area contributed by atoms with Crippen molar-refractivity contribution in [3.8, 4) is 0 Å². The molecule has 0 fully saturated rings. The van der Waals surface area contributed by atoms with Gasteiger partial charge in [0.15, 0.2) is 0 Å². The number of aromatic nitrogens is 1. The van der Waals surface area contributed by atoms with Gasteiger partial charge in [-0.25, -0.2) is 0 Å². The Morgan fingerprint density at radius 3 is 3.17 bits per heavy atom. The Bertz CT molecular complexity index is 500. The van der Waals surface area contributed by atoms with Crippen LogP contribution in [0, 0.1) is 0 Å². The highest BCUT2D eigenvalue weighted by Crippen LogP contribution is 2.35. The Labute approximate surface area is 115 Å². The molecule has 0 radical (unpaired) electrons. The van der Waals surface area contributed by atoms with Crippen molar-refractivity contribution in [1.29, 1.82) is 0 Å². The minimum absolute atomic E-state index is 0.394. The topological polar surface area (TPSA) is 33.1 Å². The highest BCUT2D eigenvalue weighted by atomic mass is 32.2. The summed E-state index contributed by atoms with van der Waals surface area (Å²) in [5.74, 6) is 2.32. The van der Waals surface area contributed by atoms with Crippen LogP contribution in [0.25, 0.3) is 0 Å². The van der Waals surface area contributed by atoms with Crippen LogP contribution in [0.2, 0.25) is 0 Å². The molecule has 18 heavy (non-hydrogen) atoms. The van der Waals surface area contributed by atoms with Gasteiger partial charge in [-0.3, -0.25) is 4.98 Å². The van der Waals surface area contributed by atoms with Gasteiger partial charge < -0.3 is 5.11 Å². The smallest absolute Gasteiger partial charge is 0.0922 e. The Morgan fingerprint density at radius 1 is 1.44 bits per heavy atom. The molecule has 1 atom stereocenters. The lowest BCUT2D eigenvalue weighted by Crippen LogP contribution is -1.99. The summed E-state index contributed by atoms with van der Waals surface area (Å²) >= 11 is 3.76. The molecule has 3 heterocycles. The summed E-state index contributed by atoms with van der Waals surface area (Å²) in [5, 5.41) is 10.3. The molecule has 1 aliphatic heterocycles. The number of aliphatic hydroxyl groups excluding tert-OH is 1. The molecule has 0 aromatic carbocycles. The van der Waals surface area contributed by atoms with Crippen LogP contribution in [0.1, 0.15) is 27.0 Å². The van der Waals surface area contributed by atoms with Gasteiger partial charge in [-0.1, -0.05) is 6.07 Å². The van der Waals surface area contributed by atoms with Gasteiger partial charge in [0, 0.05) is 34.3 Å². The molecule has 0 spiro atoms. The fourth-order valence-corrected chi connectivity index (χ4v) is 4.54. The minimum Gasteiger partial charge on any atom is -0.387 e. The van der Waals surface area contributed by atoms with Crippen molar-refractivity contribution in [1.82, 2.24) is 4.98 Å². The fourth-order valence-electron chi connectivity index (χ4n) is 2.18. The molecular formula is C14H15NOS2. The Hall–Kier alpha value is -0.840. The van der Waals surface area contributed by atoms with Crippen LogP contribution in [0.4, 0.5) is 0 Å². The van der Waals surface area contributed by atoms with E-state index in [4.69, 9.17) is 0 Å². The van der Waals surface area contributed by atoms with E-state index >= 15 is 0 Å². The van der Waals surface area contributed by atoms with Crippen LogP contribution in [0.15, 0.2) is 30.6 Å². The first kappa shape index (κ1) is 12.2. The Morgan fingerprint density at radius 2 is 2.39 bits per heavy atom. The van der Waals surface area contributed by atoms with Crippen LogP contribution in [-0.2, 0) is 18.6 Å². The average Bonchev–Trinajstić information content (AvgIpc) is 2.84. The normalized spacial score (nSPS) is 16.3. The number of nitrogens with zero attached hydrogens (tertiary/aromatic N) is 1. The molecule has 0 saturated heterocycles. The molecule has 0 bridgehead atoms. The maximum absolute atomic E-state index is 10.3. The first-order chi connectivity index (χ1) is 8.83. The number of aliphatic hydroxyl groups is 1. The van der Waals surface area contributed by atoms with Gasteiger partial charge in [0.25, 0.3) is 0 Å². The Balaban J connectivity index is 1.76. The first-order valence-electron chi connectivity index (χ1n) is 6.09. The predicted octanol–water partition coefficient (Wildman–Crippen LogP) is 3.21. The predicted molar refractivity (Wildman–Crippen MR) is 77.1 cm³/mol. The van der Waals surface area contributed by atoms with E-state index in [9.17, 15) is 5.11 Å². The molecule has 4 heteroatoms. The van der Waals surface area contributed by atoms with Crippen LogP contribution in [0.3, 0.4) is 0 Å². The molecule has 0 aliphatic carbocycles. The molecule has 3 rings (SSSR count). The van der Waals surface area contributed by atoms with E-state index in [2.05, 4.69) is 11.1 Å². The minimum atomic E-state index is -0.394. The second-order valence-electron chi connectivity index (χ2n) is 4.48. The number of rotatable bonds is 3. The van der Waals surface area contributed by atoms with E-state index in [1.807, 2.05) is 30.1 Å². The molecule has 2 nitrogen and oxygen atoms in total. The van der Waals surface area contributed by atoms with Crippen molar-refractivity contribution in [2.45, 2.75) is 24.7 Å². The maximum atomic E-state index is 10.3. The van der Waals surface area contributed by atoms with Gasteiger partial charge in [0.05, 0.1) is 6.10 Å². The molecule has 1 unspecified atom stereocenters. The van der Waals surface area contributed by atoms with Crippen LogP contribution in [0.5, 0.6) is 0 Å². The third-order valence-corrected chi connectivity index (χ3v) is 5.47. The summed E-state index contributed by atoms with van der Waals surface area (Å²) < 4.78 is 0. The average molecular weight is 277 g/mol. The molecule has 0 amide bonds. The van der Waals surface area contributed by atoms with Gasteiger partial charge in [0.1, 0.15) is 0 Å². The second-order valence-corrected chi connectivity index (χ2v) is 6.75. The first-order valence-corrected chi connectivity index (χ1v) is 8.06. The molecule has 2 aromatic heterocycles. The molecule has 94 valence electrons. The standard InChI is InChI=1S/C14H15NOS2/c16-12(6-10-2-1-4-15-8-10)14-7-11-9-17-5-3-13(11)18-14/h1-2,4,7-8,12,16H,3,5-6,9H2. The zero-order chi connectivity index (χ0) is 12.4. The number of hydrogen-bond acceptors (Lipinski definition) is 4. The van der Waals surface area contributed by atoms with Crippen molar-refractivity contribution in [3.63, 3.8) is 0 Å². The number of thioether (sulfide) groups is 1. The van der Waals surface area contributed by atoms with Gasteiger partial charge in [-0.2, -0.15) is 11.8 Å². The van der Waals surface area contributed by atoms with Crippen molar-refractivity contribution < 1.29 is 5.11 Å². The van der Waals surface area contributed by atoms with Gasteiger partial charge in [-0.15, -0.1) is 11.3 Å². The molecule has 2 aromatic rings. The molecular weight excluding hydrogens is 262 g/mol. The summed E-state index contributed by atoms with van der Waals surface area (Å²) in [6.07, 6.45) is 5.00. The second kappa shape index (κ2) is 5.43. The SMILES string of the molecule is OC(Cc1cccnc1)c1cc2c(s1)CCSC2. The van der Waals surface area contributed by atoms with Crippen molar-refractivity contribution in [3.05, 3.63) is 51.5 Å². The zero-order valence-corrected chi connectivity index (χ0v) is 11.6. The van der Waals surface area contributed by atoms with Crippen molar-refractivity contribution in [2.24, 2.45) is 0 Å². The number of pyridine rings is 1. The lowest BCUT2D eigenvalue weighted by Gasteiger charge is -2.08. The highest BCUT2D eigenvalue weighted by Gasteiger charge is 2.18.